The molecule has 0 radical (unpaired) electrons. The van der Waals surface area contributed by atoms with Crippen molar-refractivity contribution in [3.63, 3.8) is 0 Å². The van der Waals surface area contributed by atoms with Crippen molar-refractivity contribution in [1.29, 1.82) is 0 Å². The van der Waals surface area contributed by atoms with E-state index in [1.54, 1.807) is 4.57 Å². The second-order valence-electron chi connectivity index (χ2n) is 7.44. The summed E-state index contributed by atoms with van der Waals surface area (Å²) < 4.78 is 1.65. The fourth-order valence-corrected chi connectivity index (χ4v) is 3.89. The highest BCUT2D eigenvalue weighted by atomic mass is 16.2. The standard InChI is InChI=1S/C22H24N4O2/c1-15-8-9-16(2)19(14-15)21(27)25-12-10-17(11-13-25)20-23-24-22(28)26(20)18-6-4-3-5-7-18/h3-9,14,17H,10-13H2,1-2H3,(H,24,28). The first-order valence-electron chi connectivity index (χ1n) is 9.64. The molecule has 1 N–H and O–H groups in total. The number of hydrogen-bond donors (Lipinski definition) is 1. The van der Waals surface area contributed by atoms with Gasteiger partial charge in [0.15, 0.2) is 0 Å². The summed E-state index contributed by atoms with van der Waals surface area (Å²) in [5.41, 5.74) is 3.45. The minimum atomic E-state index is -0.227. The number of aryl methyl sites for hydroxylation is 2. The minimum Gasteiger partial charge on any atom is -0.339 e. The lowest BCUT2D eigenvalue weighted by molar-refractivity contribution is 0.0710. The Morgan fingerprint density at radius 3 is 2.50 bits per heavy atom. The summed E-state index contributed by atoms with van der Waals surface area (Å²) >= 11 is 0. The number of likely N-dealkylation sites (tertiary alicyclic amines) is 1. The molecule has 1 aliphatic heterocycles. The van der Waals surface area contributed by atoms with Crippen molar-refractivity contribution in [1.82, 2.24) is 19.7 Å². The Morgan fingerprint density at radius 1 is 1.07 bits per heavy atom. The van der Waals surface area contributed by atoms with E-state index < -0.39 is 0 Å². The van der Waals surface area contributed by atoms with Crippen LogP contribution in [0.25, 0.3) is 5.69 Å². The zero-order chi connectivity index (χ0) is 19.7. The molecule has 0 saturated carbocycles. The molecule has 0 atom stereocenters. The number of aromatic nitrogens is 3. The Bertz CT molecular complexity index is 1040. The smallest absolute Gasteiger partial charge is 0.339 e. The molecule has 1 saturated heterocycles. The molecule has 0 spiro atoms. The number of amides is 1. The maximum atomic E-state index is 13.0. The molecule has 0 aliphatic carbocycles. The predicted octanol–water partition coefficient (Wildman–Crippen LogP) is 3.20. The summed E-state index contributed by atoms with van der Waals surface area (Å²) in [5.74, 6) is 0.971. The summed E-state index contributed by atoms with van der Waals surface area (Å²) in [7, 11) is 0. The lowest BCUT2D eigenvalue weighted by atomic mass is 9.94. The van der Waals surface area contributed by atoms with E-state index in [-0.39, 0.29) is 17.5 Å². The van der Waals surface area contributed by atoms with Crippen LogP contribution in [0.1, 0.15) is 46.1 Å². The van der Waals surface area contributed by atoms with E-state index in [0.29, 0.717) is 13.1 Å². The van der Waals surface area contributed by atoms with E-state index in [9.17, 15) is 9.59 Å². The van der Waals surface area contributed by atoms with Gasteiger partial charge in [-0.3, -0.25) is 4.79 Å². The first kappa shape index (κ1) is 18.2. The monoisotopic (exact) mass is 376 g/mol. The molecule has 1 aliphatic rings. The molecule has 6 nitrogen and oxygen atoms in total. The molecule has 144 valence electrons. The number of para-hydroxylation sites is 1. The Kier molecular flexibility index (Phi) is 4.86. The highest BCUT2D eigenvalue weighted by Crippen LogP contribution is 2.28. The zero-order valence-electron chi connectivity index (χ0n) is 16.2. The molecule has 6 heteroatoms. The molecular formula is C22H24N4O2. The van der Waals surface area contributed by atoms with Gasteiger partial charge in [0.2, 0.25) is 0 Å². The van der Waals surface area contributed by atoms with Crippen molar-refractivity contribution < 1.29 is 4.79 Å². The molecule has 3 aromatic rings. The third-order valence-corrected chi connectivity index (χ3v) is 5.48. The van der Waals surface area contributed by atoms with Crippen LogP contribution >= 0.6 is 0 Å². The van der Waals surface area contributed by atoms with Crippen molar-refractivity contribution in [2.24, 2.45) is 0 Å². The molecule has 1 fully saturated rings. The average molecular weight is 376 g/mol. The van der Waals surface area contributed by atoms with Gasteiger partial charge >= 0.3 is 5.69 Å². The van der Waals surface area contributed by atoms with Gasteiger partial charge in [0.1, 0.15) is 5.82 Å². The number of rotatable bonds is 3. The van der Waals surface area contributed by atoms with Gasteiger partial charge in [-0.05, 0) is 50.5 Å². The SMILES string of the molecule is Cc1ccc(C)c(C(=O)N2CCC(c3n[nH]c(=O)n3-c3ccccc3)CC2)c1. The number of carbonyl (C=O) groups is 1. The molecule has 2 aromatic carbocycles. The summed E-state index contributed by atoms with van der Waals surface area (Å²) in [6, 6.07) is 15.5. The van der Waals surface area contributed by atoms with Crippen molar-refractivity contribution in [2.75, 3.05) is 13.1 Å². The number of benzene rings is 2. The molecule has 2 heterocycles. The van der Waals surface area contributed by atoms with Crippen molar-refractivity contribution in [2.45, 2.75) is 32.6 Å². The van der Waals surface area contributed by atoms with Crippen LogP contribution in [-0.4, -0.2) is 38.7 Å². The third kappa shape index (κ3) is 3.38. The number of carbonyl (C=O) groups excluding carboxylic acids is 1. The van der Waals surface area contributed by atoms with Gasteiger partial charge in [-0.1, -0.05) is 35.9 Å². The molecule has 28 heavy (non-hydrogen) atoms. The zero-order valence-corrected chi connectivity index (χ0v) is 16.2. The molecule has 1 amide bonds. The van der Waals surface area contributed by atoms with Crippen LogP contribution in [0, 0.1) is 13.8 Å². The van der Waals surface area contributed by atoms with E-state index in [4.69, 9.17) is 0 Å². The first-order valence-corrected chi connectivity index (χ1v) is 9.64. The molecular weight excluding hydrogens is 352 g/mol. The maximum absolute atomic E-state index is 13.0. The van der Waals surface area contributed by atoms with Crippen LogP contribution in [0.3, 0.4) is 0 Å². The second kappa shape index (κ2) is 7.46. The molecule has 4 rings (SSSR count). The van der Waals surface area contributed by atoms with Crippen LogP contribution in [-0.2, 0) is 0 Å². The van der Waals surface area contributed by atoms with Crippen LogP contribution in [0.5, 0.6) is 0 Å². The van der Waals surface area contributed by atoms with Gasteiger partial charge < -0.3 is 4.90 Å². The van der Waals surface area contributed by atoms with Crippen molar-refractivity contribution in [3.05, 3.63) is 81.5 Å². The average Bonchev–Trinajstić information content (AvgIpc) is 3.11. The van der Waals surface area contributed by atoms with Crippen LogP contribution in [0.4, 0.5) is 0 Å². The number of nitrogens with one attached hydrogen (secondary N) is 1. The number of aromatic amines is 1. The lowest BCUT2D eigenvalue weighted by Crippen LogP contribution is -2.38. The van der Waals surface area contributed by atoms with Crippen molar-refractivity contribution in [3.8, 4) is 5.69 Å². The normalized spacial score (nSPS) is 15.0. The quantitative estimate of drug-likeness (QED) is 0.763. The van der Waals surface area contributed by atoms with E-state index in [0.717, 1.165) is 41.0 Å². The summed E-state index contributed by atoms with van der Waals surface area (Å²) in [5, 5.41) is 6.87. The fraction of sp³-hybridized carbons (Fsp3) is 0.318. The van der Waals surface area contributed by atoms with Crippen LogP contribution < -0.4 is 5.69 Å². The topological polar surface area (TPSA) is 71.0 Å². The summed E-state index contributed by atoms with van der Waals surface area (Å²) in [6.45, 7) is 5.30. The van der Waals surface area contributed by atoms with Gasteiger partial charge in [0.25, 0.3) is 5.91 Å². The van der Waals surface area contributed by atoms with Gasteiger partial charge in [-0.15, -0.1) is 0 Å². The summed E-state index contributed by atoms with van der Waals surface area (Å²) in [6.07, 6.45) is 1.57. The largest absolute Gasteiger partial charge is 0.347 e. The predicted molar refractivity (Wildman–Crippen MR) is 108 cm³/mol. The third-order valence-electron chi connectivity index (χ3n) is 5.48. The van der Waals surface area contributed by atoms with Gasteiger partial charge in [-0.25, -0.2) is 14.5 Å². The minimum absolute atomic E-state index is 0.0853. The number of piperidine rings is 1. The van der Waals surface area contributed by atoms with Gasteiger partial charge in [0.05, 0.1) is 5.69 Å². The molecule has 0 bridgehead atoms. The van der Waals surface area contributed by atoms with Crippen LogP contribution in [0.15, 0.2) is 53.3 Å². The Morgan fingerprint density at radius 2 is 1.79 bits per heavy atom. The highest BCUT2D eigenvalue weighted by molar-refractivity contribution is 5.95. The van der Waals surface area contributed by atoms with Gasteiger partial charge in [0, 0.05) is 24.6 Å². The second-order valence-corrected chi connectivity index (χ2v) is 7.44. The first-order chi connectivity index (χ1) is 13.5. The van der Waals surface area contributed by atoms with E-state index in [1.807, 2.05) is 67.3 Å². The van der Waals surface area contributed by atoms with E-state index in [1.165, 1.54) is 0 Å². The van der Waals surface area contributed by atoms with E-state index >= 15 is 0 Å². The van der Waals surface area contributed by atoms with Crippen LogP contribution in [0.2, 0.25) is 0 Å². The summed E-state index contributed by atoms with van der Waals surface area (Å²) in [4.78, 5) is 27.2. The highest BCUT2D eigenvalue weighted by Gasteiger charge is 2.29. The lowest BCUT2D eigenvalue weighted by Gasteiger charge is -2.32. The Balaban J connectivity index is 1.52. The van der Waals surface area contributed by atoms with E-state index in [2.05, 4.69) is 10.2 Å². The number of H-pyrrole nitrogens is 1. The fourth-order valence-electron chi connectivity index (χ4n) is 3.89. The van der Waals surface area contributed by atoms with Gasteiger partial charge in [-0.2, -0.15) is 5.10 Å². The van der Waals surface area contributed by atoms with Crippen molar-refractivity contribution >= 4 is 5.91 Å². The molecule has 0 unspecified atom stereocenters. The Labute approximate surface area is 163 Å². The Hall–Kier alpha value is -3.15. The molecule has 1 aromatic heterocycles. The number of hydrogen-bond acceptors (Lipinski definition) is 3. The number of nitrogens with zero attached hydrogens (tertiary/aromatic N) is 3. The maximum Gasteiger partial charge on any atom is 0.347 e.